The largest absolute Gasteiger partial charge is 0.478 e. The van der Waals surface area contributed by atoms with Gasteiger partial charge < -0.3 is 4.74 Å². The van der Waals surface area contributed by atoms with Crippen molar-refractivity contribution in [3.63, 3.8) is 0 Å². The predicted molar refractivity (Wildman–Crippen MR) is 49.9 cm³/mol. The number of ether oxygens (including phenoxy) is 1. The lowest BCUT2D eigenvalue weighted by atomic mass is 10.1. The Labute approximate surface area is 78.0 Å². The summed E-state index contributed by atoms with van der Waals surface area (Å²) in [6.07, 6.45) is 2.29. The highest BCUT2D eigenvalue weighted by atomic mass is 35.5. The monoisotopic (exact) mass is 187 g/mol. The van der Waals surface area contributed by atoms with Crippen LogP contribution in [0.4, 0.5) is 0 Å². The minimum atomic E-state index is -0.0308. The standard InChI is InChI=1S/C9H14ClNO/c1-8(2)6-12-7(11-8)9(5-10)3-4-9/h3-6H2,1-2H3. The summed E-state index contributed by atoms with van der Waals surface area (Å²) in [5.41, 5.74) is 0.0896. The van der Waals surface area contributed by atoms with Crippen LogP contribution in [0.5, 0.6) is 0 Å². The van der Waals surface area contributed by atoms with Crippen molar-refractivity contribution in [1.29, 1.82) is 0 Å². The van der Waals surface area contributed by atoms with E-state index in [4.69, 9.17) is 16.3 Å². The van der Waals surface area contributed by atoms with Gasteiger partial charge in [0, 0.05) is 5.88 Å². The van der Waals surface area contributed by atoms with Gasteiger partial charge in [0.2, 0.25) is 0 Å². The van der Waals surface area contributed by atoms with E-state index in [0.29, 0.717) is 12.5 Å². The van der Waals surface area contributed by atoms with Crippen LogP contribution in [0.15, 0.2) is 4.99 Å². The van der Waals surface area contributed by atoms with Crippen LogP contribution >= 0.6 is 11.6 Å². The van der Waals surface area contributed by atoms with Gasteiger partial charge in [0.15, 0.2) is 5.90 Å². The Morgan fingerprint density at radius 2 is 2.17 bits per heavy atom. The van der Waals surface area contributed by atoms with Gasteiger partial charge in [-0.15, -0.1) is 11.6 Å². The number of hydrogen-bond acceptors (Lipinski definition) is 2. The molecule has 0 N–H and O–H groups in total. The van der Waals surface area contributed by atoms with E-state index in [2.05, 4.69) is 18.8 Å². The lowest BCUT2D eigenvalue weighted by molar-refractivity contribution is 0.265. The zero-order valence-corrected chi connectivity index (χ0v) is 8.32. The quantitative estimate of drug-likeness (QED) is 0.608. The number of alkyl halides is 1. The molecule has 0 saturated heterocycles. The van der Waals surface area contributed by atoms with Crippen molar-refractivity contribution < 1.29 is 4.74 Å². The van der Waals surface area contributed by atoms with Gasteiger partial charge in [-0.2, -0.15) is 0 Å². The van der Waals surface area contributed by atoms with Crippen LogP contribution in [0.25, 0.3) is 0 Å². The molecule has 0 unspecified atom stereocenters. The van der Waals surface area contributed by atoms with Crippen molar-refractivity contribution in [2.45, 2.75) is 32.2 Å². The average molecular weight is 188 g/mol. The molecule has 68 valence electrons. The summed E-state index contributed by atoms with van der Waals surface area (Å²) >= 11 is 5.87. The maximum Gasteiger partial charge on any atom is 0.191 e. The summed E-state index contributed by atoms with van der Waals surface area (Å²) in [5, 5.41) is 0. The molecule has 0 aromatic rings. The molecule has 0 radical (unpaired) electrons. The minimum Gasteiger partial charge on any atom is -0.478 e. The van der Waals surface area contributed by atoms with Crippen LogP contribution in [-0.4, -0.2) is 23.9 Å². The highest BCUT2D eigenvalue weighted by Gasteiger charge is 2.51. The molecule has 0 spiro atoms. The number of rotatable bonds is 2. The summed E-state index contributed by atoms with van der Waals surface area (Å²) in [4.78, 5) is 4.54. The molecule has 0 atom stereocenters. The summed E-state index contributed by atoms with van der Waals surface area (Å²) in [6.45, 7) is 4.88. The Morgan fingerprint density at radius 3 is 2.50 bits per heavy atom. The molecule has 3 heteroatoms. The fourth-order valence-corrected chi connectivity index (χ4v) is 1.79. The van der Waals surface area contributed by atoms with E-state index in [9.17, 15) is 0 Å². The number of nitrogens with zero attached hydrogens (tertiary/aromatic N) is 1. The minimum absolute atomic E-state index is 0.0308. The van der Waals surface area contributed by atoms with Gasteiger partial charge in [-0.3, -0.25) is 0 Å². The third kappa shape index (κ3) is 1.22. The molecule has 0 bridgehead atoms. The Morgan fingerprint density at radius 1 is 1.50 bits per heavy atom. The fourth-order valence-electron chi connectivity index (χ4n) is 1.41. The molecule has 0 aromatic heterocycles. The smallest absolute Gasteiger partial charge is 0.191 e. The predicted octanol–water partition coefficient (Wildman–Crippen LogP) is 2.21. The molecule has 2 rings (SSSR count). The number of hydrogen-bond donors (Lipinski definition) is 0. The molecule has 0 aromatic carbocycles. The van der Waals surface area contributed by atoms with Crippen molar-refractivity contribution in [3.8, 4) is 0 Å². The zero-order chi connectivity index (χ0) is 8.82. The highest BCUT2D eigenvalue weighted by Crippen LogP contribution is 2.50. The summed E-state index contributed by atoms with van der Waals surface area (Å²) in [6, 6.07) is 0. The molecule has 2 nitrogen and oxygen atoms in total. The molecule has 2 aliphatic rings. The topological polar surface area (TPSA) is 21.6 Å². The second kappa shape index (κ2) is 2.38. The normalized spacial score (nSPS) is 29.4. The van der Waals surface area contributed by atoms with Gasteiger partial charge in [-0.05, 0) is 26.7 Å². The van der Waals surface area contributed by atoms with Crippen molar-refractivity contribution in [1.82, 2.24) is 0 Å². The Hall–Kier alpha value is -0.240. The molecular formula is C9H14ClNO. The van der Waals surface area contributed by atoms with Crippen LogP contribution in [0, 0.1) is 5.41 Å². The first-order valence-electron chi connectivity index (χ1n) is 4.37. The third-order valence-electron chi connectivity index (χ3n) is 2.53. The molecular weight excluding hydrogens is 174 g/mol. The third-order valence-corrected chi connectivity index (χ3v) is 3.04. The lowest BCUT2D eigenvalue weighted by Gasteiger charge is -2.09. The van der Waals surface area contributed by atoms with E-state index in [-0.39, 0.29) is 11.0 Å². The van der Waals surface area contributed by atoms with Crippen molar-refractivity contribution in [3.05, 3.63) is 0 Å². The van der Waals surface area contributed by atoms with E-state index in [1.807, 2.05) is 0 Å². The fraction of sp³-hybridized carbons (Fsp3) is 0.889. The van der Waals surface area contributed by atoms with Gasteiger partial charge in [0.1, 0.15) is 6.61 Å². The lowest BCUT2D eigenvalue weighted by Crippen LogP contribution is -2.17. The Kier molecular flexibility index (Phi) is 1.66. The van der Waals surface area contributed by atoms with E-state index >= 15 is 0 Å². The van der Waals surface area contributed by atoms with Gasteiger partial charge in [-0.25, -0.2) is 4.99 Å². The van der Waals surface area contributed by atoms with Crippen LogP contribution in [0.1, 0.15) is 26.7 Å². The second-order valence-electron chi connectivity index (χ2n) is 4.43. The van der Waals surface area contributed by atoms with Gasteiger partial charge >= 0.3 is 0 Å². The van der Waals surface area contributed by atoms with Crippen LogP contribution in [0.3, 0.4) is 0 Å². The summed E-state index contributed by atoms with van der Waals surface area (Å²) in [5.74, 6) is 1.56. The first kappa shape index (κ1) is 8.36. The molecule has 1 fully saturated rings. The van der Waals surface area contributed by atoms with Crippen molar-refractivity contribution >= 4 is 17.5 Å². The second-order valence-corrected chi connectivity index (χ2v) is 4.70. The average Bonchev–Trinajstić information content (AvgIpc) is 2.72. The summed E-state index contributed by atoms with van der Waals surface area (Å²) < 4.78 is 5.55. The van der Waals surface area contributed by atoms with Crippen LogP contribution in [0.2, 0.25) is 0 Å². The molecule has 1 saturated carbocycles. The molecule has 1 heterocycles. The Balaban J connectivity index is 2.16. The maximum absolute atomic E-state index is 5.87. The maximum atomic E-state index is 5.87. The van der Waals surface area contributed by atoms with Gasteiger partial charge in [-0.1, -0.05) is 0 Å². The van der Waals surface area contributed by atoms with Crippen molar-refractivity contribution in [2.24, 2.45) is 10.4 Å². The van der Waals surface area contributed by atoms with Gasteiger partial charge in [0.05, 0.1) is 11.0 Å². The first-order valence-corrected chi connectivity index (χ1v) is 4.91. The van der Waals surface area contributed by atoms with Gasteiger partial charge in [0.25, 0.3) is 0 Å². The Bertz CT molecular complexity index is 231. The first-order chi connectivity index (χ1) is 5.58. The molecule has 12 heavy (non-hydrogen) atoms. The SMILES string of the molecule is CC1(C)COC(C2(CCl)CC2)=N1. The molecule has 1 aliphatic heterocycles. The van der Waals surface area contributed by atoms with E-state index in [1.54, 1.807) is 0 Å². The van der Waals surface area contributed by atoms with Crippen molar-refractivity contribution in [2.75, 3.05) is 12.5 Å². The van der Waals surface area contributed by atoms with E-state index in [1.165, 1.54) is 0 Å². The zero-order valence-electron chi connectivity index (χ0n) is 7.56. The molecule has 1 aliphatic carbocycles. The highest BCUT2D eigenvalue weighted by molar-refractivity contribution is 6.20. The molecule has 0 amide bonds. The number of halogens is 1. The van der Waals surface area contributed by atoms with Crippen LogP contribution in [-0.2, 0) is 4.74 Å². The van der Waals surface area contributed by atoms with Crippen LogP contribution < -0.4 is 0 Å². The van der Waals surface area contributed by atoms with E-state index < -0.39 is 0 Å². The summed E-state index contributed by atoms with van der Waals surface area (Å²) in [7, 11) is 0. The number of aliphatic imine (C=N–C) groups is 1. The van der Waals surface area contributed by atoms with E-state index in [0.717, 1.165) is 18.7 Å².